The molecule has 0 radical (unpaired) electrons. The maximum absolute atomic E-state index is 12.6. The smallest absolute Gasteiger partial charge is 0.307 e. The van der Waals surface area contributed by atoms with E-state index >= 15 is 0 Å². The van der Waals surface area contributed by atoms with Crippen LogP contribution in [-0.4, -0.2) is 19.5 Å². The first-order chi connectivity index (χ1) is 10.3. The number of benzene rings is 1. The van der Waals surface area contributed by atoms with E-state index < -0.39 is 11.7 Å². The molecule has 3 aromatic rings. The predicted octanol–water partition coefficient (Wildman–Crippen LogP) is 3.96. The van der Waals surface area contributed by atoms with Crippen LogP contribution in [0.25, 0.3) is 11.3 Å². The van der Waals surface area contributed by atoms with Crippen LogP contribution >= 0.6 is 15.9 Å². The normalized spacial score (nSPS) is 12.0. The van der Waals surface area contributed by atoms with Crippen molar-refractivity contribution in [3.63, 3.8) is 0 Å². The number of aryl methyl sites for hydroxylation is 1. The monoisotopic (exact) mass is 370 g/mol. The third-order valence-electron chi connectivity index (χ3n) is 3.24. The number of hydrogen-bond donors (Lipinski definition) is 0. The zero-order valence-corrected chi connectivity index (χ0v) is 13.0. The fourth-order valence-corrected chi connectivity index (χ4v) is 2.42. The van der Waals surface area contributed by atoms with Gasteiger partial charge in [0.25, 0.3) is 0 Å². The van der Waals surface area contributed by atoms with E-state index in [1.165, 1.54) is 12.1 Å². The molecule has 2 heterocycles. The van der Waals surface area contributed by atoms with E-state index in [2.05, 4.69) is 30.9 Å². The lowest BCUT2D eigenvalue weighted by molar-refractivity contribution is -0.137. The van der Waals surface area contributed by atoms with Crippen LogP contribution in [0.2, 0.25) is 0 Å². The molecule has 114 valence electrons. The van der Waals surface area contributed by atoms with Gasteiger partial charge in [0.2, 0.25) is 0 Å². The Hall–Kier alpha value is -1.96. The molecular weight excluding hydrogens is 361 g/mol. The Morgan fingerprint density at radius 2 is 1.82 bits per heavy atom. The molecule has 0 N–H and O–H groups in total. The van der Waals surface area contributed by atoms with Gasteiger partial charge in [0.15, 0.2) is 11.3 Å². The molecule has 0 bridgehead atoms. The number of aromatic nitrogens is 4. The van der Waals surface area contributed by atoms with Gasteiger partial charge < -0.3 is 4.57 Å². The molecule has 2 aromatic heterocycles. The van der Waals surface area contributed by atoms with Crippen molar-refractivity contribution in [1.82, 2.24) is 19.5 Å². The largest absolute Gasteiger partial charge is 0.416 e. The summed E-state index contributed by atoms with van der Waals surface area (Å²) < 4.78 is 40.1. The summed E-state index contributed by atoms with van der Waals surface area (Å²) in [4.78, 5) is 12.8. The molecular formula is C14H10BrF3N4. The van der Waals surface area contributed by atoms with Crippen LogP contribution in [0.4, 0.5) is 13.2 Å². The minimum absolute atomic E-state index is 0.381. The van der Waals surface area contributed by atoms with E-state index in [9.17, 15) is 13.2 Å². The molecule has 0 aliphatic heterocycles. The fraction of sp³-hybridized carbons (Fsp3) is 0.214. The lowest BCUT2D eigenvalue weighted by Crippen LogP contribution is -2.06. The summed E-state index contributed by atoms with van der Waals surface area (Å²) in [6.07, 6.45) is -2.77. The SMILES string of the molecule is Cc1nc2ncc(Br)nc2n1Cc1ccc(C(F)(F)F)cc1. The van der Waals surface area contributed by atoms with Gasteiger partial charge in [-0.05, 0) is 40.5 Å². The van der Waals surface area contributed by atoms with Gasteiger partial charge in [-0.2, -0.15) is 13.2 Å². The molecule has 0 fully saturated rings. The lowest BCUT2D eigenvalue weighted by Gasteiger charge is -2.09. The van der Waals surface area contributed by atoms with Gasteiger partial charge in [0.1, 0.15) is 10.4 Å². The number of alkyl halides is 3. The van der Waals surface area contributed by atoms with Gasteiger partial charge in [-0.1, -0.05) is 12.1 Å². The number of nitrogens with zero attached hydrogens (tertiary/aromatic N) is 4. The number of rotatable bonds is 2. The maximum Gasteiger partial charge on any atom is 0.416 e. The maximum atomic E-state index is 12.6. The lowest BCUT2D eigenvalue weighted by atomic mass is 10.1. The van der Waals surface area contributed by atoms with Crippen LogP contribution in [0, 0.1) is 6.92 Å². The Labute approximate surface area is 132 Å². The average molecular weight is 371 g/mol. The van der Waals surface area contributed by atoms with Crippen LogP contribution in [0.1, 0.15) is 17.0 Å². The Morgan fingerprint density at radius 3 is 2.45 bits per heavy atom. The van der Waals surface area contributed by atoms with E-state index in [1.54, 1.807) is 13.1 Å². The third kappa shape index (κ3) is 2.83. The average Bonchev–Trinajstić information content (AvgIpc) is 2.75. The first-order valence-electron chi connectivity index (χ1n) is 6.36. The molecule has 0 aliphatic rings. The first-order valence-corrected chi connectivity index (χ1v) is 7.15. The van der Waals surface area contributed by atoms with Crippen LogP contribution in [0.5, 0.6) is 0 Å². The van der Waals surface area contributed by atoms with Crippen molar-refractivity contribution in [1.29, 1.82) is 0 Å². The molecule has 0 amide bonds. The van der Waals surface area contributed by atoms with E-state index in [0.717, 1.165) is 17.7 Å². The van der Waals surface area contributed by atoms with Gasteiger partial charge in [-0.3, -0.25) is 0 Å². The number of imidazole rings is 1. The molecule has 0 spiro atoms. The van der Waals surface area contributed by atoms with Crippen molar-refractivity contribution < 1.29 is 13.2 Å². The van der Waals surface area contributed by atoms with Crippen molar-refractivity contribution >= 4 is 27.2 Å². The number of halogens is 4. The summed E-state index contributed by atoms with van der Waals surface area (Å²) in [5, 5.41) is 0. The third-order valence-corrected chi connectivity index (χ3v) is 3.62. The number of fused-ring (bicyclic) bond motifs is 1. The van der Waals surface area contributed by atoms with Crippen LogP contribution in [-0.2, 0) is 12.7 Å². The van der Waals surface area contributed by atoms with Crippen molar-refractivity contribution in [3.8, 4) is 0 Å². The predicted molar refractivity (Wildman–Crippen MR) is 78.3 cm³/mol. The summed E-state index contributed by atoms with van der Waals surface area (Å²) in [5.41, 5.74) is 1.17. The summed E-state index contributed by atoms with van der Waals surface area (Å²) >= 11 is 3.25. The highest BCUT2D eigenvalue weighted by molar-refractivity contribution is 9.10. The zero-order chi connectivity index (χ0) is 15.9. The van der Waals surface area contributed by atoms with Gasteiger partial charge in [0.05, 0.1) is 18.3 Å². The highest BCUT2D eigenvalue weighted by atomic mass is 79.9. The summed E-state index contributed by atoms with van der Waals surface area (Å²) in [5.74, 6) is 0.702. The molecule has 0 aliphatic carbocycles. The summed E-state index contributed by atoms with van der Waals surface area (Å²) in [6.45, 7) is 2.19. The summed E-state index contributed by atoms with van der Waals surface area (Å²) in [6, 6.07) is 5.07. The van der Waals surface area contributed by atoms with E-state index in [-0.39, 0.29) is 0 Å². The van der Waals surface area contributed by atoms with E-state index in [0.29, 0.717) is 28.3 Å². The molecule has 0 unspecified atom stereocenters. The second-order valence-electron chi connectivity index (χ2n) is 4.78. The molecule has 1 aromatic carbocycles. The van der Waals surface area contributed by atoms with Gasteiger partial charge in [0, 0.05) is 0 Å². The Balaban J connectivity index is 1.96. The zero-order valence-electron chi connectivity index (χ0n) is 11.4. The van der Waals surface area contributed by atoms with Crippen LogP contribution < -0.4 is 0 Å². The first kappa shape index (κ1) is 15.0. The second kappa shape index (κ2) is 5.35. The second-order valence-corrected chi connectivity index (χ2v) is 5.59. The van der Waals surface area contributed by atoms with E-state index in [4.69, 9.17) is 0 Å². The molecule has 0 saturated heterocycles. The van der Waals surface area contributed by atoms with Crippen molar-refractivity contribution in [2.45, 2.75) is 19.6 Å². The fourth-order valence-electron chi connectivity index (χ4n) is 2.15. The van der Waals surface area contributed by atoms with Gasteiger partial charge in [-0.15, -0.1) is 0 Å². The minimum atomic E-state index is -4.33. The highest BCUT2D eigenvalue weighted by Gasteiger charge is 2.29. The van der Waals surface area contributed by atoms with Crippen molar-refractivity contribution in [2.75, 3.05) is 0 Å². The summed E-state index contributed by atoms with van der Waals surface area (Å²) in [7, 11) is 0. The molecule has 0 atom stereocenters. The molecule has 3 rings (SSSR count). The highest BCUT2D eigenvalue weighted by Crippen LogP contribution is 2.29. The van der Waals surface area contributed by atoms with E-state index in [1.807, 2.05) is 4.57 Å². The van der Waals surface area contributed by atoms with Crippen LogP contribution in [0.3, 0.4) is 0 Å². The topological polar surface area (TPSA) is 43.6 Å². The van der Waals surface area contributed by atoms with Crippen molar-refractivity contribution in [3.05, 3.63) is 52.0 Å². The molecule has 22 heavy (non-hydrogen) atoms. The molecule has 8 heteroatoms. The minimum Gasteiger partial charge on any atom is -0.307 e. The Kier molecular flexibility index (Phi) is 3.64. The quantitative estimate of drug-likeness (QED) is 0.685. The Bertz CT molecular complexity index is 824. The Morgan fingerprint density at radius 1 is 1.14 bits per heavy atom. The van der Waals surface area contributed by atoms with Gasteiger partial charge in [-0.25, -0.2) is 15.0 Å². The van der Waals surface area contributed by atoms with Crippen molar-refractivity contribution in [2.24, 2.45) is 0 Å². The molecule has 0 saturated carbocycles. The number of hydrogen-bond acceptors (Lipinski definition) is 3. The van der Waals surface area contributed by atoms with Crippen LogP contribution in [0.15, 0.2) is 35.1 Å². The standard InChI is InChI=1S/C14H10BrF3N4/c1-8-20-12-13(21-11(15)6-19-12)22(8)7-9-2-4-10(5-3-9)14(16,17)18/h2-6H,7H2,1H3. The molecule has 4 nitrogen and oxygen atoms in total. The van der Waals surface area contributed by atoms with Gasteiger partial charge >= 0.3 is 6.18 Å².